The molecule has 0 bridgehead atoms. The van der Waals surface area contributed by atoms with Crippen LogP contribution < -0.4 is 0 Å². The van der Waals surface area contributed by atoms with Crippen LogP contribution in [0, 0.1) is 17.8 Å². The summed E-state index contributed by atoms with van der Waals surface area (Å²) < 4.78 is 10.8. The average Bonchev–Trinajstić information content (AvgIpc) is 3.25. The molecule has 0 spiro atoms. The summed E-state index contributed by atoms with van der Waals surface area (Å²) in [5.41, 5.74) is 4.97. The van der Waals surface area contributed by atoms with E-state index in [-0.39, 0.29) is 12.1 Å². The summed E-state index contributed by atoms with van der Waals surface area (Å²) in [7, 11) is 0.0444. The molecule has 1 aliphatic carbocycles. The van der Waals surface area contributed by atoms with Crippen LogP contribution in [0.1, 0.15) is 37.3 Å². The lowest BCUT2D eigenvalue weighted by Gasteiger charge is -2.42. The van der Waals surface area contributed by atoms with Gasteiger partial charge in [-0.3, -0.25) is 9.59 Å². The molecule has 0 aromatic heterocycles. The Bertz CT molecular complexity index is 1630. The number of hydrogen-bond donors (Lipinski definition) is 2. The SMILES string of the molecule is COC(=O)N1C(=O)[C@@H]2[C@@H](CC(C)=C3[C@@H](CC/C(=C/c4ccc(O)c5ccccc45)c4ccccc4)OB(O)C[C@@H]32)C1=O. The molecule has 0 unspecified atom stereocenters. The summed E-state index contributed by atoms with van der Waals surface area (Å²) in [5.74, 6) is -2.67. The van der Waals surface area contributed by atoms with Crippen molar-refractivity contribution in [1.29, 1.82) is 0 Å². The van der Waals surface area contributed by atoms with E-state index in [4.69, 9.17) is 9.39 Å². The van der Waals surface area contributed by atoms with Gasteiger partial charge in [0, 0.05) is 5.39 Å². The molecule has 2 aliphatic heterocycles. The van der Waals surface area contributed by atoms with E-state index in [9.17, 15) is 24.5 Å². The highest BCUT2D eigenvalue weighted by molar-refractivity contribution is 6.43. The Morgan fingerprint density at radius 1 is 1.02 bits per heavy atom. The molecule has 2 fully saturated rings. The number of hydrogen-bond acceptors (Lipinski definition) is 7. The second-order valence-corrected chi connectivity index (χ2v) is 11.3. The molecule has 3 aliphatic rings. The van der Waals surface area contributed by atoms with Gasteiger partial charge in [0.2, 0.25) is 11.8 Å². The molecule has 2 N–H and O–H groups in total. The van der Waals surface area contributed by atoms with Crippen LogP contribution in [0.2, 0.25) is 6.32 Å². The molecule has 42 heavy (non-hydrogen) atoms. The normalized spacial score (nSPS) is 24.2. The first-order valence-electron chi connectivity index (χ1n) is 14.2. The maximum atomic E-state index is 13.3. The van der Waals surface area contributed by atoms with Crippen LogP contribution in [0.4, 0.5) is 4.79 Å². The molecule has 3 aromatic rings. The second-order valence-electron chi connectivity index (χ2n) is 11.3. The number of aromatic hydroxyl groups is 1. The molecule has 6 rings (SSSR count). The number of allylic oxidation sites excluding steroid dienone is 2. The Morgan fingerprint density at radius 3 is 2.48 bits per heavy atom. The Hall–Kier alpha value is -4.21. The molecule has 9 heteroatoms. The molecule has 0 saturated carbocycles. The Labute approximate surface area is 244 Å². The predicted molar refractivity (Wildman–Crippen MR) is 159 cm³/mol. The van der Waals surface area contributed by atoms with Gasteiger partial charge in [-0.15, -0.1) is 0 Å². The maximum absolute atomic E-state index is 13.3. The number of amides is 3. The first-order valence-corrected chi connectivity index (χ1v) is 14.2. The van der Waals surface area contributed by atoms with Crippen molar-refractivity contribution >= 4 is 47.4 Å². The Balaban J connectivity index is 1.33. The minimum absolute atomic E-state index is 0.180. The van der Waals surface area contributed by atoms with E-state index in [1.165, 1.54) is 0 Å². The fourth-order valence-electron chi connectivity index (χ4n) is 7.05. The summed E-state index contributed by atoms with van der Waals surface area (Å²) >= 11 is 0. The van der Waals surface area contributed by atoms with Gasteiger partial charge in [-0.25, -0.2) is 4.79 Å². The standard InChI is InChI=1S/C33H32BNO7/c1-19-16-25-30(32(38)35(31(25)37)33(39)41-2)26-18-34(40)42-28(29(19)26)15-13-21(20-8-4-3-5-9-20)17-22-12-14-27(36)24-11-7-6-10-23(22)24/h3-12,14,17,25-26,28,30,36,40H,13,15-16,18H2,1-2H3/b21-17-/t25-,26+,28-,30-/m1/s1. The highest BCUT2D eigenvalue weighted by atomic mass is 16.5. The fourth-order valence-corrected chi connectivity index (χ4v) is 7.05. The number of methoxy groups -OCH3 is 1. The quantitative estimate of drug-likeness (QED) is 0.183. The third-order valence-corrected chi connectivity index (χ3v) is 8.89. The molecule has 8 nitrogen and oxygen atoms in total. The second kappa shape index (κ2) is 11.2. The van der Waals surface area contributed by atoms with Crippen molar-refractivity contribution in [2.45, 2.75) is 38.6 Å². The summed E-state index contributed by atoms with van der Waals surface area (Å²) in [6.07, 6.45) is 2.37. The number of phenolic OH excluding ortho intramolecular Hbond substituents is 1. The van der Waals surface area contributed by atoms with E-state index in [0.717, 1.165) is 45.7 Å². The average molecular weight is 565 g/mol. The van der Waals surface area contributed by atoms with Crippen molar-refractivity contribution in [3.63, 3.8) is 0 Å². The lowest BCUT2D eigenvalue weighted by Crippen LogP contribution is -2.46. The van der Waals surface area contributed by atoms with Gasteiger partial charge in [0.15, 0.2) is 0 Å². The number of rotatable bonds is 5. The topological polar surface area (TPSA) is 113 Å². The number of carbonyl (C=O) groups excluding carboxylic acids is 3. The zero-order valence-electron chi connectivity index (χ0n) is 23.5. The van der Waals surface area contributed by atoms with Gasteiger partial charge < -0.3 is 19.5 Å². The lowest BCUT2D eigenvalue weighted by atomic mass is 9.58. The minimum atomic E-state index is -1.10. The van der Waals surface area contributed by atoms with E-state index in [1.54, 1.807) is 6.07 Å². The maximum Gasteiger partial charge on any atom is 0.455 e. The van der Waals surface area contributed by atoms with Gasteiger partial charge in [0.05, 0.1) is 25.0 Å². The molecular formula is C33H32BNO7. The minimum Gasteiger partial charge on any atom is -0.507 e. The lowest BCUT2D eigenvalue weighted by molar-refractivity contribution is -0.137. The molecule has 2 heterocycles. The summed E-state index contributed by atoms with van der Waals surface area (Å²) in [5, 5.41) is 22.9. The third-order valence-electron chi connectivity index (χ3n) is 8.89. The molecule has 0 radical (unpaired) electrons. The number of imide groups is 3. The van der Waals surface area contributed by atoms with Crippen LogP contribution >= 0.6 is 0 Å². The van der Waals surface area contributed by atoms with Crippen LogP contribution in [0.15, 0.2) is 77.9 Å². The van der Waals surface area contributed by atoms with Crippen molar-refractivity contribution in [2.75, 3.05) is 7.11 Å². The van der Waals surface area contributed by atoms with Gasteiger partial charge in [-0.05, 0) is 72.1 Å². The molecule has 214 valence electrons. The van der Waals surface area contributed by atoms with Crippen molar-refractivity contribution in [2.24, 2.45) is 17.8 Å². The Kier molecular flexibility index (Phi) is 7.47. The first kappa shape index (κ1) is 27.9. The van der Waals surface area contributed by atoms with E-state index in [1.807, 2.05) is 67.6 Å². The summed E-state index contributed by atoms with van der Waals surface area (Å²) in [6.45, 7) is 1.95. The number of nitrogens with zero attached hydrogens (tertiary/aromatic N) is 1. The van der Waals surface area contributed by atoms with Crippen molar-refractivity contribution in [3.8, 4) is 5.75 Å². The van der Waals surface area contributed by atoms with Gasteiger partial charge in [0.25, 0.3) is 0 Å². The van der Waals surface area contributed by atoms with Gasteiger partial charge >= 0.3 is 13.2 Å². The molecule has 3 amide bonds. The monoisotopic (exact) mass is 565 g/mol. The predicted octanol–water partition coefficient (Wildman–Crippen LogP) is 5.45. The van der Waals surface area contributed by atoms with Crippen LogP contribution in [0.3, 0.4) is 0 Å². The zero-order chi connectivity index (χ0) is 29.5. The summed E-state index contributed by atoms with van der Waals surface area (Å²) in [6, 6.07) is 21.4. The van der Waals surface area contributed by atoms with E-state index in [2.05, 4.69) is 6.08 Å². The van der Waals surface area contributed by atoms with Crippen molar-refractivity contribution in [3.05, 3.63) is 89.0 Å². The van der Waals surface area contributed by atoms with Crippen LogP contribution in [-0.2, 0) is 19.0 Å². The van der Waals surface area contributed by atoms with Crippen LogP contribution in [0.5, 0.6) is 5.75 Å². The van der Waals surface area contributed by atoms with E-state index >= 15 is 0 Å². The van der Waals surface area contributed by atoms with Crippen molar-refractivity contribution in [1.82, 2.24) is 4.90 Å². The number of carbonyl (C=O) groups is 3. The molecular weight excluding hydrogens is 533 g/mol. The van der Waals surface area contributed by atoms with Crippen molar-refractivity contribution < 1.29 is 33.9 Å². The number of phenols is 1. The Morgan fingerprint density at radius 2 is 1.74 bits per heavy atom. The largest absolute Gasteiger partial charge is 0.507 e. The van der Waals surface area contributed by atoms with Gasteiger partial charge in [-0.1, -0.05) is 72.3 Å². The van der Waals surface area contributed by atoms with E-state index < -0.39 is 48.9 Å². The first-order chi connectivity index (χ1) is 20.3. The molecule has 4 atom stereocenters. The van der Waals surface area contributed by atoms with Crippen LogP contribution in [-0.4, -0.2) is 53.3 Å². The van der Waals surface area contributed by atoms with Crippen LogP contribution in [0.25, 0.3) is 22.4 Å². The third kappa shape index (κ3) is 4.82. The number of fused-ring (bicyclic) bond motifs is 4. The number of ether oxygens (including phenoxy) is 1. The zero-order valence-corrected chi connectivity index (χ0v) is 23.5. The smallest absolute Gasteiger partial charge is 0.455 e. The van der Waals surface area contributed by atoms with Gasteiger partial charge in [0.1, 0.15) is 5.75 Å². The van der Waals surface area contributed by atoms with E-state index in [0.29, 0.717) is 24.2 Å². The molecule has 3 aromatic carbocycles. The number of likely N-dealkylation sites (tertiary alicyclic amines) is 1. The van der Waals surface area contributed by atoms with Gasteiger partial charge in [-0.2, -0.15) is 4.90 Å². The highest BCUT2D eigenvalue weighted by Crippen LogP contribution is 2.50. The number of benzene rings is 3. The summed E-state index contributed by atoms with van der Waals surface area (Å²) in [4.78, 5) is 39.3. The fraction of sp³-hybridized carbons (Fsp3) is 0.303. The highest BCUT2D eigenvalue weighted by Gasteiger charge is 2.58. The molecule has 2 saturated heterocycles.